The third kappa shape index (κ3) is 4.01. The average molecular weight is 397 g/mol. The fraction of sp³-hybridized carbons (Fsp3) is 0.438. The van der Waals surface area contributed by atoms with Crippen molar-refractivity contribution < 1.29 is 27.9 Å². The second kappa shape index (κ2) is 7.28. The van der Waals surface area contributed by atoms with Gasteiger partial charge in [-0.25, -0.2) is 8.42 Å². The Morgan fingerprint density at radius 1 is 1.35 bits per heavy atom. The molecule has 0 saturated carbocycles. The van der Waals surface area contributed by atoms with Crippen LogP contribution in [0.1, 0.15) is 12.8 Å². The Labute approximate surface area is 155 Å². The molecule has 140 valence electrons. The Kier molecular flexibility index (Phi) is 5.24. The van der Waals surface area contributed by atoms with E-state index in [1.54, 1.807) is 29.2 Å². The number of thioether (sulfide) groups is 1. The summed E-state index contributed by atoms with van der Waals surface area (Å²) in [6.07, 6.45) is -0.660. The molecule has 0 unspecified atom stereocenters. The highest BCUT2D eigenvalue weighted by Crippen LogP contribution is 2.41. The molecule has 2 fully saturated rings. The van der Waals surface area contributed by atoms with Gasteiger partial charge in [0.15, 0.2) is 15.0 Å². The number of benzene rings is 1. The fourth-order valence-electron chi connectivity index (χ4n) is 3.00. The number of anilines is 1. The summed E-state index contributed by atoms with van der Waals surface area (Å²) in [6, 6.07) is 6.74. The minimum absolute atomic E-state index is 0.0197. The smallest absolute Gasteiger partial charge is 0.248 e. The standard InChI is InChI=1S/C16H18N2O6S2/c1-24-11-4-2-3-10(7-11)18-12-8-26(22,23)9-13(12)25-16(18)17-14(19)5-6-15(20)21/h2-4,7,12-13H,5-6,8-9H2,1H3,(H,20,21)/p-1/t12-,13+/m1/s1. The first-order valence-electron chi connectivity index (χ1n) is 7.91. The summed E-state index contributed by atoms with van der Waals surface area (Å²) in [4.78, 5) is 28.3. The lowest BCUT2D eigenvalue weighted by atomic mass is 10.2. The number of amidine groups is 1. The van der Waals surface area contributed by atoms with Crippen molar-refractivity contribution in [2.24, 2.45) is 4.99 Å². The highest BCUT2D eigenvalue weighted by molar-refractivity contribution is 8.16. The number of hydrogen-bond donors (Lipinski definition) is 0. The first-order valence-corrected chi connectivity index (χ1v) is 10.6. The Bertz CT molecular complexity index is 867. The molecule has 0 spiro atoms. The molecule has 2 aliphatic heterocycles. The molecule has 3 rings (SSSR count). The third-order valence-electron chi connectivity index (χ3n) is 4.16. The van der Waals surface area contributed by atoms with Gasteiger partial charge in [0.2, 0.25) is 5.91 Å². The number of carbonyl (C=O) groups excluding carboxylic acids is 2. The van der Waals surface area contributed by atoms with Gasteiger partial charge >= 0.3 is 0 Å². The quantitative estimate of drug-likeness (QED) is 0.672. The molecule has 2 saturated heterocycles. The largest absolute Gasteiger partial charge is 0.550 e. The molecule has 1 amide bonds. The number of rotatable bonds is 5. The number of fused-ring (bicyclic) bond motifs is 1. The zero-order valence-electron chi connectivity index (χ0n) is 14.0. The number of aliphatic imine (C=N–C) groups is 1. The molecular formula is C16H17N2O6S2-. The predicted octanol–water partition coefficient (Wildman–Crippen LogP) is -0.173. The van der Waals surface area contributed by atoms with E-state index >= 15 is 0 Å². The van der Waals surface area contributed by atoms with Gasteiger partial charge in [0.1, 0.15) is 5.75 Å². The molecule has 1 aromatic rings. The summed E-state index contributed by atoms with van der Waals surface area (Å²) in [7, 11) is -1.63. The topological polar surface area (TPSA) is 116 Å². The summed E-state index contributed by atoms with van der Waals surface area (Å²) >= 11 is 1.23. The van der Waals surface area contributed by atoms with E-state index < -0.39 is 28.1 Å². The van der Waals surface area contributed by atoms with Gasteiger partial charge < -0.3 is 19.5 Å². The summed E-state index contributed by atoms with van der Waals surface area (Å²) in [5, 5.41) is 10.7. The maximum absolute atomic E-state index is 12.0. The van der Waals surface area contributed by atoms with E-state index in [9.17, 15) is 23.1 Å². The van der Waals surface area contributed by atoms with Crippen LogP contribution < -0.4 is 14.7 Å². The SMILES string of the molecule is COc1cccc(N2C(=NC(=O)CCC(=O)[O-])S[C@H]3CS(=O)(=O)C[C@H]32)c1. The number of sulfone groups is 1. The van der Waals surface area contributed by atoms with Crippen LogP contribution in [0.25, 0.3) is 0 Å². The van der Waals surface area contributed by atoms with Crippen LogP contribution in [0.2, 0.25) is 0 Å². The van der Waals surface area contributed by atoms with Gasteiger partial charge in [-0.3, -0.25) is 4.79 Å². The number of ether oxygens (including phenoxy) is 1. The molecule has 0 aliphatic carbocycles. The summed E-state index contributed by atoms with van der Waals surface area (Å²) in [5.74, 6) is -1.29. The molecule has 0 radical (unpaired) electrons. The van der Waals surface area contributed by atoms with Crippen LogP contribution in [0.15, 0.2) is 29.3 Å². The van der Waals surface area contributed by atoms with Crippen molar-refractivity contribution in [2.45, 2.75) is 24.1 Å². The molecule has 1 aromatic carbocycles. The molecule has 0 bridgehead atoms. The Hall–Kier alpha value is -2.07. The number of methoxy groups -OCH3 is 1. The molecular weight excluding hydrogens is 380 g/mol. The second-order valence-electron chi connectivity index (χ2n) is 6.03. The summed E-state index contributed by atoms with van der Waals surface area (Å²) in [6.45, 7) is 0. The lowest BCUT2D eigenvalue weighted by Gasteiger charge is -2.24. The molecule has 0 aromatic heterocycles. The fourth-order valence-corrected chi connectivity index (χ4v) is 6.93. The van der Waals surface area contributed by atoms with E-state index in [0.29, 0.717) is 16.6 Å². The number of carboxylic acids is 1. The Morgan fingerprint density at radius 3 is 2.81 bits per heavy atom. The number of carboxylic acid groups (broad SMARTS) is 1. The van der Waals surface area contributed by atoms with Gasteiger partial charge in [-0.05, 0) is 18.6 Å². The monoisotopic (exact) mass is 397 g/mol. The van der Waals surface area contributed by atoms with Crippen LogP contribution in [-0.4, -0.2) is 55.4 Å². The first kappa shape index (κ1) is 18.7. The summed E-state index contributed by atoms with van der Waals surface area (Å²) in [5.41, 5.74) is 0.674. The van der Waals surface area contributed by atoms with Crippen molar-refractivity contribution in [3.05, 3.63) is 24.3 Å². The van der Waals surface area contributed by atoms with E-state index in [0.717, 1.165) is 0 Å². The van der Waals surface area contributed by atoms with Crippen molar-refractivity contribution in [3.8, 4) is 5.75 Å². The molecule has 0 N–H and O–H groups in total. The maximum Gasteiger partial charge on any atom is 0.248 e. The van der Waals surface area contributed by atoms with Crippen molar-refractivity contribution in [1.82, 2.24) is 0 Å². The number of hydrogen-bond acceptors (Lipinski definition) is 7. The Balaban J connectivity index is 1.93. The minimum atomic E-state index is -3.16. The van der Waals surface area contributed by atoms with Crippen LogP contribution in [-0.2, 0) is 19.4 Å². The normalized spacial score (nSPS) is 25.3. The van der Waals surface area contributed by atoms with E-state index in [4.69, 9.17) is 4.74 Å². The number of aliphatic carboxylic acids is 1. The Morgan fingerprint density at radius 2 is 2.12 bits per heavy atom. The molecule has 2 atom stereocenters. The van der Waals surface area contributed by atoms with Crippen molar-refractivity contribution in [1.29, 1.82) is 0 Å². The van der Waals surface area contributed by atoms with Crippen LogP contribution in [0.5, 0.6) is 5.75 Å². The zero-order valence-corrected chi connectivity index (χ0v) is 15.6. The molecule has 10 heteroatoms. The van der Waals surface area contributed by atoms with E-state index in [1.165, 1.54) is 18.9 Å². The number of nitrogens with zero attached hydrogens (tertiary/aromatic N) is 2. The second-order valence-corrected chi connectivity index (χ2v) is 9.39. The molecule has 2 aliphatic rings. The molecule has 26 heavy (non-hydrogen) atoms. The van der Waals surface area contributed by atoms with Crippen LogP contribution >= 0.6 is 11.8 Å². The lowest BCUT2D eigenvalue weighted by Crippen LogP contribution is -2.37. The van der Waals surface area contributed by atoms with Crippen LogP contribution in [0.3, 0.4) is 0 Å². The van der Waals surface area contributed by atoms with Gasteiger partial charge in [-0.2, -0.15) is 4.99 Å². The van der Waals surface area contributed by atoms with E-state index in [-0.39, 0.29) is 29.2 Å². The van der Waals surface area contributed by atoms with Crippen molar-refractivity contribution >= 4 is 44.3 Å². The lowest BCUT2D eigenvalue weighted by molar-refractivity contribution is -0.305. The van der Waals surface area contributed by atoms with Gasteiger partial charge in [-0.15, -0.1) is 0 Å². The average Bonchev–Trinajstić information content (AvgIpc) is 3.03. The molecule has 8 nitrogen and oxygen atoms in total. The highest BCUT2D eigenvalue weighted by Gasteiger charge is 2.49. The van der Waals surface area contributed by atoms with Gasteiger partial charge in [-0.1, -0.05) is 17.8 Å². The van der Waals surface area contributed by atoms with Gasteiger partial charge in [0.25, 0.3) is 0 Å². The van der Waals surface area contributed by atoms with Gasteiger partial charge in [0, 0.05) is 29.4 Å². The predicted molar refractivity (Wildman–Crippen MR) is 96.0 cm³/mol. The minimum Gasteiger partial charge on any atom is -0.550 e. The first-order chi connectivity index (χ1) is 12.3. The van der Waals surface area contributed by atoms with E-state index in [2.05, 4.69) is 4.99 Å². The number of carbonyl (C=O) groups is 2. The molecule has 2 heterocycles. The maximum atomic E-state index is 12.0. The zero-order chi connectivity index (χ0) is 18.9. The van der Waals surface area contributed by atoms with Crippen molar-refractivity contribution in [3.63, 3.8) is 0 Å². The van der Waals surface area contributed by atoms with Gasteiger partial charge in [0.05, 0.1) is 24.7 Å². The van der Waals surface area contributed by atoms with Crippen LogP contribution in [0, 0.1) is 0 Å². The van der Waals surface area contributed by atoms with E-state index in [1.807, 2.05) is 0 Å². The summed E-state index contributed by atoms with van der Waals surface area (Å²) < 4.78 is 29.2. The third-order valence-corrected chi connectivity index (χ3v) is 7.37. The van der Waals surface area contributed by atoms with Crippen molar-refractivity contribution in [2.75, 3.05) is 23.5 Å². The highest BCUT2D eigenvalue weighted by atomic mass is 32.2. The van der Waals surface area contributed by atoms with Crippen LogP contribution in [0.4, 0.5) is 5.69 Å². The number of amides is 1.